The number of likely N-dealkylation sites (N-methyl/N-ethyl adjacent to an activating group) is 1. The molecule has 3 rings (SSSR count). The van der Waals surface area contributed by atoms with Gasteiger partial charge in [0.05, 0.1) is 0 Å². The van der Waals surface area contributed by atoms with Crippen molar-refractivity contribution < 1.29 is 4.79 Å². The minimum atomic E-state index is 0.125. The second kappa shape index (κ2) is 8.34. The molecule has 0 aromatic heterocycles. The Hall–Kier alpha value is -1.81. The van der Waals surface area contributed by atoms with E-state index >= 15 is 0 Å². The summed E-state index contributed by atoms with van der Waals surface area (Å²) in [6.45, 7) is 5.91. The van der Waals surface area contributed by atoms with Crippen LogP contribution in [0, 0.1) is 0 Å². The lowest BCUT2D eigenvalue weighted by Crippen LogP contribution is -2.46. The quantitative estimate of drug-likeness (QED) is 0.799. The maximum atomic E-state index is 12.2. The Labute approximate surface area is 145 Å². The number of hydrogen-bond donors (Lipinski definition) is 0. The number of rotatable bonds is 3. The highest BCUT2D eigenvalue weighted by atomic mass is 16.2. The van der Waals surface area contributed by atoms with E-state index < -0.39 is 0 Å². The van der Waals surface area contributed by atoms with Gasteiger partial charge in [0, 0.05) is 51.0 Å². The van der Waals surface area contributed by atoms with Gasteiger partial charge in [0.1, 0.15) is 0 Å². The Balaban J connectivity index is 1.56. The summed E-state index contributed by atoms with van der Waals surface area (Å²) in [5, 5.41) is 0. The standard InChI is InChI=1S/C20H29N3O/c1-21-14-16-23(17-15-21)20(24)11-8-18-6-9-19(10-7-18)22-12-4-2-3-5-13-22/h6-11H,2-5,12-17H2,1H3. The molecule has 1 amide bonds. The highest BCUT2D eigenvalue weighted by Crippen LogP contribution is 2.20. The molecule has 24 heavy (non-hydrogen) atoms. The number of carbonyl (C=O) groups is 1. The first kappa shape index (κ1) is 17.0. The zero-order chi connectivity index (χ0) is 16.8. The first-order chi connectivity index (χ1) is 11.7. The molecule has 0 spiro atoms. The van der Waals surface area contributed by atoms with Gasteiger partial charge in [-0.05, 0) is 43.7 Å². The molecule has 2 heterocycles. The molecule has 2 saturated heterocycles. The Morgan fingerprint density at radius 2 is 1.50 bits per heavy atom. The predicted octanol–water partition coefficient (Wildman–Crippen LogP) is 2.85. The van der Waals surface area contributed by atoms with Crippen LogP contribution < -0.4 is 4.90 Å². The number of nitrogens with zero attached hydrogens (tertiary/aromatic N) is 3. The molecule has 2 aliphatic heterocycles. The van der Waals surface area contributed by atoms with Crippen LogP contribution in [-0.2, 0) is 4.79 Å². The van der Waals surface area contributed by atoms with Crippen LogP contribution in [0.4, 0.5) is 5.69 Å². The van der Waals surface area contributed by atoms with E-state index in [1.54, 1.807) is 6.08 Å². The summed E-state index contributed by atoms with van der Waals surface area (Å²) < 4.78 is 0. The summed E-state index contributed by atoms with van der Waals surface area (Å²) >= 11 is 0. The summed E-state index contributed by atoms with van der Waals surface area (Å²) in [4.78, 5) is 18.9. The molecular weight excluding hydrogens is 298 g/mol. The molecule has 2 aliphatic rings. The predicted molar refractivity (Wildman–Crippen MR) is 100 cm³/mol. The summed E-state index contributed by atoms with van der Waals surface area (Å²) in [5.41, 5.74) is 2.40. The lowest BCUT2D eigenvalue weighted by Gasteiger charge is -2.31. The van der Waals surface area contributed by atoms with Gasteiger partial charge in [0.25, 0.3) is 0 Å². The molecule has 4 heteroatoms. The molecule has 130 valence electrons. The number of carbonyl (C=O) groups excluding carboxylic acids is 1. The van der Waals surface area contributed by atoms with Crippen molar-refractivity contribution in [3.05, 3.63) is 35.9 Å². The number of hydrogen-bond acceptors (Lipinski definition) is 3. The SMILES string of the molecule is CN1CCN(C(=O)C=Cc2ccc(N3CCCCCC3)cc2)CC1. The van der Waals surface area contributed by atoms with Gasteiger partial charge in [-0.3, -0.25) is 4.79 Å². The molecule has 4 nitrogen and oxygen atoms in total. The van der Waals surface area contributed by atoms with E-state index in [1.807, 2.05) is 11.0 Å². The van der Waals surface area contributed by atoms with E-state index in [-0.39, 0.29) is 5.91 Å². The molecule has 0 aliphatic carbocycles. The van der Waals surface area contributed by atoms with E-state index in [9.17, 15) is 4.79 Å². The third-order valence-corrected chi connectivity index (χ3v) is 5.10. The average Bonchev–Trinajstić information content (AvgIpc) is 2.90. The molecule has 0 saturated carbocycles. The summed E-state index contributed by atoms with van der Waals surface area (Å²) in [6.07, 6.45) is 8.94. The van der Waals surface area contributed by atoms with Gasteiger partial charge in [-0.1, -0.05) is 25.0 Å². The lowest BCUT2D eigenvalue weighted by molar-refractivity contribution is -0.127. The van der Waals surface area contributed by atoms with Crippen molar-refractivity contribution in [3.8, 4) is 0 Å². The first-order valence-electron chi connectivity index (χ1n) is 9.23. The van der Waals surface area contributed by atoms with Crippen molar-refractivity contribution in [2.75, 3.05) is 51.2 Å². The molecule has 2 fully saturated rings. The molecule has 0 unspecified atom stereocenters. The van der Waals surface area contributed by atoms with E-state index in [0.717, 1.165) is 44.8 Å². The van der Waals surface area contributed by atoms with Crippen LogP contribution in [0.25, 0.3) is 6.08 Å². The number of amides is 1. The average molecular weight is 327 g/mol. The van der Waals surface area contributed by atoms with Crippen LogP contribution in [0.5, 0.6) is 0 Å². The Morgan fingerprint density at radius 1 is 0.875 bits per heavy atom. The van der Waals surface area contributed by atoms with Crippen LogP contribution >= 0.6 is 0 Å². The number of benzene rings is 1. The second-order valence-electron chi connectivity index (χ2n) is 6.95. The van der Waals surface area contributed by atoms with E-state index in [1.165, 1.54) is 31.4 Å². The highest BCUT2D eigenvalue weighted by Gasteiger charge is 2.16. The van der Waals surface area contributed by atoms with E-state index in [2.05, 4.69) is 41.1 Å². The fraction of sp³-hybridized carbons (Fsp3) is 0.550. The first-order valence-corrected chi connectivity index (χ1v) is 9.23. The van der Waals surface area contributed by atoms with Gasteiger partial charge >= 0.3 is 0 Å². The van der Waals surface area contributed by atoms with Crippen molar-refractivity contribution in [2.24, 2.45) is 0 Å². The second-order valence-corrected chi connectivity index (χ2v) is 6.95. The number of anilines is 1. The van der Waals surface area contributed by atoms with Gasteiger partial charge in [-0.25, -0.2) is 0 Å². The largest absolute Gasteiger partial charge is 0.372 e. The van der Waals surface area contributed by atoms with Gasteiger partial charge in [-0.15, -0.1) is 0 Å². The van der Waals surface area contributed by atoms with Gasteiger partial charge in [0.2, 0.25) is 5.91 Å². The Kier molecular flexibility index (Phi) is 5.91. The fourth-order valence-electron chi connectivity index (χ4n) is 3.42. The smallest absolute Gasteiger partial charge is 0.246 e. The van der Waals surface area contributed by atoms with Crippen LogP contribution in [0.1, 0.15) is 31.2 Å². The van der Waals surface area contributed by atoms with Gasteiger partial charge in [0.15, 0.2) is 0 Å². The van der Waals surface area contributed by atoms with Crippen LogP contribution in [0.3, 0.4) is 0 Å². The van der Waals surface area contributed by atoms with Crippen molar-refractivity contribution >= 4 is 17.7 Å². The minimum absolute atomic E-state index is 0.125. The lowest BCUT2D eigenvalue weighted by atomic mass is 10.1. The molecule has 0 radical (unpaired) electrons. The molecule has 0 N–H and O–H groups in total. The maximum Gasteiger partial charge on any atom is 0.246 e. The van der Waals surface area contributed by atoms with Crippen LogP contribution in [0.15, 0.2) is 30.3 Å². The maximum absolute atomic E-state index is 12.2. The van der Waals surface area contributed by atoms with Crippen molar-refractivity contribution in [1.29, 1.82) is 0 Å². The Bertz CT molecular complexity index is 551. The molecule has 0 atom stereocenters. The van der Waals surface area contributed by atoms with E-state index in [4.69, 9.17) is 0 Å². The Morgan fingerprint density at radius 3 is 2.12 bits per heavy atom. The minimum Gasteiger partial charge on any atom is -0.372 e. The third-order valence-electron chi connectivity index (χ3n) is 5.10. The summed E-state index contributed by atoms with van der Waals surface area (Å²) in [6, 6.07) is 8.61. The van der Waals surface area contributed by atoms with Crippen molar-refractivity contribution in [3.63, 3.8) is 0 Å². The molecule has 1 aromatic rings. The zero-order valence-electron chi connectivity index (χ0n) is 14.8. The summed E-state index contributed by atoms with van der Waals surface area (Å²) in [7, 11) is 2.10. The number of piperazine rings is 1. The summed E-state index contributed by atoms with van der Waals surface area (Å²) in [5.74, 6) is 0.125. The van der Waals surface area contributed by atoms with Gasteiger partial charge < -0.3 is 14.7 Å². The van der Waals surface area contributed by atoms with Crippen LogP contribution in [-0.4, -0.2) is 62.0 Å². The third kappa shape index (κ3) is 4.60. The van der Waals surface area contributed by atoms with Crippen molar-refractivity contribution in [1.82, 2.24) is 9.80 Å². The zero-order valence-corrected chi connectivity index (χ0v) is 14.8. The van der Waals surface area contributed by atoms with Gasteiger partial charge in [-0.2, -0.15) is 0 Å². The molecule has 0 bridgehead atoms. The highest BCUT2D eigenvalue weighted by molar-refractivity contribution is 5.91. The monoisotopic (exact) mass is 327 g/mol. The molecular formula is C20H29N3O. The van der Waals surface area contributed by atoms with Crippen molar-refractivity contribution in [2.45, 2.75) is 25.7 Å². The van der Waals surface area contributed by atoms with Crippen LogP contribution in [0.2, 0.25) is 0 Å². The fourth-order valence-corrected chi connectivity index (χ4v) is 3.42. The van der Waals surface area contributed by atoms with E-state index in [0.29, 0.717) is 0 Å². The topological polar surface area (TPSA) is 26.8 Å². The molecule has 1 aromatic carbocycles. The normalized spacial score (nSPS) is 20.4.